The Hall–Kier alpha value is -2.63. The third-order valence-electron chi connectivity index (χ3n) is 2.66. The number of nitrogens with one attached hydrogen (secondary N) is 1. The van der Waals surface area contributed by atoms with Gasteiger partial charge in [0.15, 0.2) is 0 Å². The third kappa shape index (κ3) is 3.03. The highest BCUT2D eigenvalue weighted by Crippen LogP contribution is 2.23. The highest BCUT2D eigenvalue weighted by molar-refractivity contribution is 6.05. The van der Waals surface area contributed by atoms with Gasteiger partial charge in [-0.15, -0.1) is 0 Å². The Labute approximate surface area is 116 Å². The van der Waals surface area contributed by atoms with E-state index >= 15 is 0 Å². The first-order valence-corrected chi connectivity index (χ1v) is 6.00. The first-order valence-electron chi connectivity index (χ1n) is 6.00. The zero-order chi connectivity index (χ0) is 14.7. The van der Waals surface area contributed by atoms with Crippen LogP contribution in [0.4, 0.5) is 5.95 Å². The fraction of sp³-hybridized carbons (Fsp3) is 0.214. The number of aromatic nitrogens is 2. The minimum Gasteiger partial charge on any atom is -0.507 e. The van der Waals surface area contributed by atoms with Crippen molar-refractivity contribution >= 4 is 11.9 Å². The second-order valence-corrected chi connectivity index (χ2v) is 4.31. The number of carbonyl (C=O) groups excluding carboxylic acids is 1. The van der Waals surface area contributed by atoms with E-state index in [1.54, 1.807) is 12.1 Å². The van der Waals surface area contributed by atoms with Crippen molar-refractivity contribution in [1.82, 2.24) is 9.97 Å². The molecule has 1 heterocycles. The molecule has 6 heteroatoms. The lowest BCUT2D eigenvalue weighted by Gasteiger charge is -2.08. The molecule has 1 amide bonds. The van der Waals surface area contributed by atoms with Crippen LogP contribution in [-0.2, 0) is 0 Å². The van der Waals surface area contributed by atoms with E-state index in [9.17, 15) is 9.90 Å². The zero-order valence-electron chi connectivity index (χ0n) is 11.5. The van der Waals surface area contributed by atoms with Crippen LogP contribution >= 0.6 is 0 Å². The van der Waals surface area contributed by atoms with E-state index in [-0.39, 0.29) is 17.3 Å². The van der Waals surface area contributed by atoms with E-state index in [2.05, 4.69) is 15.3 Å². The van der Waals surface area contributed by atoms with Gasteiger partial charge >= 0.3 is 0 Å². The van der Waals surface area contributed by atoms with Gasteiger partial charge in [-0.25, -0.2) is 9.97 Å². The molecule has 6 nitrogen and oxygen atoms in total. The van der Waals surface area contributed by atoms with E-state index < -0.39 is 5.91 Å². The summed E-state index contributed by atoms with van der Waals surface area (Å²) in [6.07, 6.45) is 0. The predicted octanol–water partition coefficient (Wildman–Crippen LogP) is 2.06. The number of amides is 1. The maximum absolute atomic E-state index is 12.1. The van der Waals surface area contributed by atoms with Crippen LogP contribution in [0, 0.1) is 13.8 Å². The van der Waals surface area contributed by atoms with Crippen molar-refractivity contribution in [1.29, 1.82) is 0 Å². The van der Waals surface area contributed by atoms with Gasteiger partial charge in [0.1, 0.15) is 11.5 Å². The van der Waals surface area contributed by atoms with Gasteiger partial charge in [-0.2, -0.15) is 0 Å². The maximum atomic E-state index is 12.1. The molecule has 0 aliphatic heterocycles. The summed E-state index contributed by atoms with van der Waals surface area (Å²) in [4.78, 5) is 20.4. The molecular weight excluding hydrogens is 258 g/mol. The SMILES string of the molecule is COc1ccc(O)c(C(=O)Nc2nc(C)cc(C)n2)c1. The molecule has 0 saturated carbocycles. The standard InChI is InChI=1S/C14H15N3O3/c1-8-6-9(2)16-14(15-8)17-13(19)11-7-10(20-3)4-5-12(11)18/h4-7,18H,1-3H3,(H,15,16,17,19). The van der Waals surface area contributed by atoms with Crippen LogP contribution in [0.2, 0.25) is 0 Å². The minimum atomic E-state index is -0.494. The normalized spacial score (nSPS) is 10.2. The average molecular weight is 273 g/mol. The largest absolute Gasteiger partial charge is 0.507 e. The zero-order valence-corrected chi connectivity index (χ0v) is 11.5. The Morgan fingerprint density at radius 1 is 1.20 bits per heavy atom. The molecule has 0 aliphatic carbocycles. The monoisotopic (exact) mass is 273 g/mol. The van der Waals surface area contributed by atoms with Crippen molar-refractivity contribution < 1.29 is 14.6 Å². The molecule has 2 rings (SSSR count). The van der Waals surface area contributed by atoms with E-state index in [4.69, 9.17) is 4.74 Å². The molecule has 2 aromatic rings. The molecule has 0 atom stereocenters. The number of phenols is 1. The Morgan fingerprint density at radius 2 is 1.85 bits per heavy atom. The van der Waals surface area contributed by atoms with Crippen molar-refractivity contribution in [3.05, 3.63) is 41.2 Å². The summed E-state index contributed by atoms with van der Waals surface area (Å²) < 4.78 is 5.03. The van der Waals surface area contributed by atoms with Gasteiger partial charge in [0, 0.05) is 11.4 Å². The van der Waals surface area contributed by atoms with Gasteiger partial charge < -0.3 is 9.84 Å². The number of aromatic hydroxyl groups is 1. The second-order valence-electron chi connectivity index (χ2n) is 4.31. The van der Waals surface area contributed by atoms with Crippen LogP contribution in [0.1, 0.15) is 21.7 Å². The highest BCUT2D eigenvalue weighted by Gasteiger charge is 2.14. The molecule has 0 unspecified atom stereocenters. The van der Waals surface area contributed by atoms with Crippen LogP contribution in [-0.4, -0.2) is 28.1 Å². The van der Waals surface area contributed by atoms with E-state index in [0.717, 1.165) is 11.4 Å². The highest BCUT2D eigenvalue weighted by atomic mass is 16.5. The van der Waals surface area contributed by atoms with Gasteiger partial charge in [0.05, 0.1) is 12.7 Å². The predicted molar refractivity (Wildman–Crippen MR) is 74.1 cm³/mol. The van der Waals surface area contributed by atoms with E-state index in [0.29, 0.717) is 5.75 Å². The number of phenolic OH excluding ortho intramolecular Hbond substituents is 1. The Bertz CT molecular complexity index is 636. The molecule has 0 spiro atoms. The number of carbonyl (C=O) groups is 1. The molecule has 104 valence electrons. The maximum Gasteiger partial charge on any atom is 0.261 e. The number of hydrogen-bond acceptors (Lipinski definition) is 5. The van der Waals surface area contributed by atoms with Crippen molar-refractivity contribution in [2.75, 3.05) is 12.4 Å². The average Bonchev–Trinajstić information content (AvgIpc) is 2.37. The van der Waals surface area contributed by atoms with Gasteiger partial charge in [0.2, 0.25) is 5.95 Å². The number of anilines is 1. The van der Waals surface area contributed by atoms with Gasteiger partial charge in [-0.1, -0.05) is 0 Å². The molecule has 1 aromatic carbocycles. The lowest BCUT2D eigenvalue weighted by Crippen LogP contribution is -2.15. The van der Waals surface area contributed by atoms with Crippen molar-refractivity contribution in [3.8, 4) is 11.5 Å². The topological polar surface area (TPSA) is 84.3 Å². The first-order chi connectivity index (χ1) is 9.49. The summed E-state index contributed by atoms with van der Waals surface area (Å²) in [5, 5.41) is 12.3. The smallest absolute Gasteiger partial charge is 0.261 e. The molecule has 0 radical (unpaired) electrons. The van der Waals surface area contributed by atoms with Crippen LogP contribution < -0.4 is 10.1 Å². The van der Waals surface area contributed by atoms with Crippen molar-refractivity contribution in [2.24, 2.45) is 0 Å². The van der Waals surface area contributed by atoms with E-state index in [1.165, 1.54) is 19.2 Å². The molecule has 0 saturated heterocycles. The Morgan fingerprint density at radius 3 is 2.45 bits per heavy atom. The summed E-state index contributed by atoms with van der Waals surface area (Å²) in [7, 11) is 1.49. The Balaban J connectivity index is 2.27. The number of rotatable bonds is 3. The fourth-order valence-corrected chi connectivity index (χ4v) is 1.77. The number of hydrogen-bond donors (Lipinski definition) is 2. The van der Waals surface area contributed by atoms with Crippen LogP contribution in [0.25, 0.3) is 0 Å². The van der Waals surface area contributed by atoms with Crippen LogP contribution in [0.15, 0.2) is 24.3 Å². The molecular formula is C14H15N3O3. The minimum absolute atomic E-state index is 0.104. The molecule has 0 bridgehead atoms. The second kappa shape index (κ2) is 5.56. The lowest BCUT2D eigenvalue weighted by atomic mass is 10.2. The lowest BCUT2D eigenvalue weighted by molar-refractivity contribution is 0.102. The molecule has 1 aromatic heterocycles. The summed E-state index contributed by atoms with van der Waals surface area (Å²) in [5.41, 5.74) is 1.61. The summed E-state index contributed by atoms with van der Waals surface area (Å²) in [5.74, 6) is 0.0584. The summed E-state index contributed by atoms with van der Waals surface area (Å²) in [6.45, 7) is 3.63. The number of aryl methyl sites for hydroxylation is 2. The summed E-state index contributed by atoms with van der Waals surface area (Å²) >= 11 is 0. The van der Waals surface area contributed by atoms with Gasteiger partial charge in [-0.3, -0.25) is 10.1 Å². The quantitative estimate of drug-likeness (QED) is 0.894. The number of methoxy groups -OCH3 is 1. The van der Waals surface area contributed by atoms with E-state index in [1.807, 2.05) is 13.8 Å². The van der Waals surface area contributed by atoms with Gasteiger partial charge in [0.25, 0.3) is 5.91 Å². The molecule has 20 heavy (non-hydrogen) atoms. The van der Waals surface area contributed by atoms with Crippen molar-refractivity contribution in [2.45, 2.75) is 13.8 Å². The molecule has 2 N–H and O–H groups in total. The Kier molecular flexibility index (Phi) is 3.84. The van der Waals surface area contributed by atoms with Gasteiger partial charge in [-0.05, 0) is 38.1 Å². The summed E-state index contributed by atoms with van der Waals surface area (Å²) in [6, 6.07) is 6.22. The molecule has 0 fully saturated rings. The van der Waals surface area contributed by atoms with Crippen molar-refractivity contribution in [3.63, 3.8) is 0 Å². The van der Waals surface area contributed by atoms with Crippen LogP contribution in [0.3, 0.4) is 0 Å². The number of nitrogens with zero attached hydrogens (tertiary/aromatic N) is 2. The van der Waals surface area contributed by atoms with Crippen LogP contribution in [0.5, 0.6) is 11.5 Å². The third-order valence-corrected chi connectivity index (χ3v) is 2.66. The molecule has 0 aliphatic rings. The number of benzene rings is 1. The number of ether oxygens (including phenoxy) is 1. The fourth-order valence-electron chi connectivity index (χ4n) is 1.77. The first kappa shape index (κ1) is 13.8.